The molecule has 2 heteroatoms. The molecule has 1 heterocycles. The predicted octanol–water partition coefficient (Wildman–Crippen LogP) is 4.06. The van der Waals surface area contributed by atoms with Crippen LogP contribution in [0.15, 0.2) is 29.6 Å². The highest BCUT2D eigenvalue weighted by atomic mass is 32.1. The van der Waals surface area contributed by atoms with Gasteiger partial charge in [0.2, 0.25) is 0 Å². The first-order chi connectivity index (χ1) is 8.36. The number of benzene rings is 1. The second-order valence-corrected chi connectivity index (χ2v) is 6.10. The lowest BCUT2D eigenvalue weighted by Gasteiger charge is -2.36. The quantitative estimate of drug-likeness (QED) is 0.848. The van der Waals surface area contributed by atoms with Crippen molar-refractivity contribution in [1.82, 2.24) is 0 Å². The second kappa shape index (κ2) is 4.43. The zero-order chi connectivity index (χ0) is 11.7. The number of hydrogen-bond donors (Lipinski definition) is 1. The van der Waals surface area contributed by atoms with E-state index >= 15 is 0 Å². The van der Waals surface area contributed by atoms with Crippen molar-refractivity contribution < 1.29 is 0 Å². The number of nitrogens with two attached hydrogens (primary N) is 1. The Morgan fingerprint density at radius 1 is 1.12 bits per heavy atom. The Morgan fingerprint density at radius 2 is 1.88 bits per heavy atom. The average Bonchev–Trinajstić information content (AvgIpc) is 2.84. The predicted molar refractivity (Wildman–Crippen MR) is 75.6 cm³/mol. The molecule has 1 nitrogen and oxygen atoms in total. The van der Waals surface area contributed by atoms with Crippen molar-refractivity contribution in [1.29, 1.82) is 0 Å². The number of fused-ring (bicyclic) bond motifs is 1. The molecule has 0 radical (unpaired) electrons. The molecule has 1 fully saturated rings. The lowest BCUT2D eigenvalue weighted by Crippen LogP contribution is -2.36. The molecule has 0 amide bonds. The van der Waals surface area contributed by atoms with E-state index in [-0.39, 0.29) is 5.41 Å². The molecular weight excluding hydrogens is 226 g/mol. The highest BCUT2D eigenvalue weighted by Crippen LogP contribution is 2.43. The molecule has 0 atom stereocenters. The van der Waals surface area contributed by atoms with Crippen molar-refractivity contribution in [2.75, 3.05) is 6.54 Å². The lowest BCUT2D eigenvalue weighted by molar-refractivity contribution is 0.303. The molecule has 1 aromatic carbocycles. The third-order valence-corrected chi connectivity index (χ3v) is 5.22. The molecule has 2 aromatic rings. The first-order valence-corrected chi connectivity index (χ1v) is 7.40. The summed E-state index contributed by atoms with van der Waals surface area (Å²) in [7, 11) is 0. The maximum Gasteiger partial charge on any atom is 0.0345 e. The van der Waals surface area contributed by atoms with Gasteiger partial charge in [-0.15, -0.1) is 11.3 Å². The summed E-state index contributed by atoms with van der Waals surface area (Å²) in [5.41, 5.74) is 7.90. The molecule has 0 spiro atoms. The Kier molecular flexibility index (Phi) is 2.93. The van der Waals surface area contributed by atoms with Gasteiger partial charge in [0.1, 0.15) is 0 Å². The maximum atomic E-state index is 6.13. The highest BCUT2D eigenvalue weighted by molar-refractivity contribution is 7.17. The summed E-state index contributed by atoms with van der Waals surface area (Å²) in [5.74, 6) is 0. The third kappa shape index (κ3) is 1.80. The highest BCUT2D eigenvalue weighted by Gasteiger charge is 2.34. The Hall–Kier alpha value is -0.860. The van der Waals surface area contributed by atoms with E-state index in [2.05, 4.69) is 29.6 Å². The van der Waals surface area contributed by atoms with Gasteiger partial charge in [0.25, 0.3) is 0 Å². The molecule has 90 valence electrons. The van der Waals surface area contributed by atoms with Crippen LogP contribution in [-0.4, -0.2) is 6.54 Å². The summed E-state index contributed by atoms with van der Waals surface area (Å²) in [6, 6.07) is 8.74. The van der Waals surface area contributed by atoms with Gasteiger partial charge in [-0.1, -0.05) is 37.5 Å². The van der Waals surface area contributed by atoms with Crippen LogP contribution in [0.25, 0.3) is 10.1 Å². The molecule has 1 saturated carbocycles. The van der Waals surface area contributed by atoms with E-state index in [0.717, 1.165) is 6.54 Å². The largest absolute Gasteiger partial charge is 0.330 e. The van der Waals surface area contributed by atoms with Gasteiger partial charge in [0.15, 0.2) is 0 Å². The van der Waals surface area contributed by atoms with Gasteiger partial charge >= 0.3 is 0 Å². The standard InChI is InChI=1S/C15H19NS/c16-11-15(8-4-1-5-9-15)13-10-17-14-7-3-2-6-12(13)14/h2-3,6-7,10H,1,4-5,8-9,11,16H2. The normalized spacial score (nSPS) is 19.6. The number of hydrogen-bond acceptors (Lipinski definition) is 2. The van der Waals surface area contributed by atoms with Crippen LogP contribution in [0.2, 0.25) is 0 Å². The van der Waals surface area contributed by atoms with E-state index < -0.39 is 0 Å². The van der Waals surface area contributed by atoms with Gasteiger partial charge in [-0.25, -0.2) is 0 Å². The monoisotopic (exact) mass is 245 g/mol. The zero-order valence-corrected chi connectivity index (χ0v) is 10.9. The Bertz CT molecular complexity index is 508. The van der Waals surface area contributed by atoms with Gasteiger partial charge in [-0.2, -0.15) is 0 Å². The van der Waals surface area contributed by atoms with E-state index in [1.807, 2.05) is 11.3 Å². The van der Waals surface area contributed by atoms with Gasteiger partial charge in [-0.3, -0.25) is 0 Å². The zero-order valence-electron chi connectivity index (χ0n) is 10.1. The topological polar surface area (TPSA) is 26.0 Å². The van der Waals surface area contributed by atoms with Crippen molar-refractivity contribution >= 4 is 21.4 Å². The Morgan fingerprint density at radius 3 is 2.65 bits per heavy atom. The molecule has 0 bridgehead atoms. The van der Waals surface area contributed by atoms with Crippen molar-refractivity contribution in [3.8, 4) is 0 Å². The van der Waals surface area contributed by atoms with Crippen molar-refractivity contribution in [3.63, 3.8) is 0 Å². The van der Waals surface area contributed by atoms with Crippen molar-refractivity contribution in [2.24, 2.45) is 5.73 Å². The van der Waals surface area contributed by atoms with Gasteiger partial charge < -0.3 is 5.73 Å². The van der Waals surface area contributed by atoms with E-state index in [4.69, 9.17) is 5.73 Å². The summed E-state index contributed by atoms with van der Waals surface area (Å²) in [6.07, 6.45) is 6.58. The first kappa shape index (κ1) is 11.2. The minimum Gasteiger partial charge on any atom is -0.330 e. The molecule has 3 rings (SSSR count). The van der Waals surface area contributed by atoms with Crippen LogP contribution in [0.5, 0.6) is 0 Å². The van der Waals surface area contributed by atoms with Gasteiger partial charge in [-0.05, 0) is 35.2 Å². The molecule has 1 aliphatic rings. The third-order valence-electron chi connectivity index (χ3n) is 4.25. The second-order valence-electron chi connectivity index (χ2n) is 5.19. The minimum absolute atomic E-state index is 0.262. The fourth-order valence-corrected chi connectivity index (χ4v) is 4.28. The molecule has 17 heavy (non-hydrogen) atoms. The smallest absolute Gasteiger partial charge is 0.0345 e. The minimum atomic E-state index is 0.262. The summed E-state index contributed by atoms with van der Waals surface area (Å²) >= 11 is 1.87. The van der Waals surface area contributed by atoms with Gasteiger partial charge in [0, 0.05) is 16.7 Å². The summed E-state index contributed by atoms with van der Waals surface area (Å²) < 4.78 is 1.40. The summed E-state index contributed by atoms with van der Waals surface area (Å²) in [4.78, 5) is 0. The van der Waals surface area contributed by atoms with Crippen molar-refractivity contribution in [3.05, 3.63) is 35.2 Å². The molecular formula is C15H19NS. The molecule has 1 aromatic heterocycles. The SMILES string of the molecule is NCC1(c2csc3ccccc23)CCCCC1. The molecule has 0 aliphatic heterocycles. The van der Waals surface area contributed by atoms with E-state index in [1.54, 1.807) is 0 Å². The molecule has 0 saturated heterocycles. The Balaban J connectivity index is 2.12. The fraction of sp³-hybridized carbons (Fsp3) is 0.467. The van der Waals surface area contributed by atoms with E-state index in [9.17, 15) is 0 Å². The summed E-state index contributed by atoms with van der Waals surface area (Å²) in [5, 5.41) is 3.79. The maximum absolute atomic E-state index is 6.13. The number of thiophene rings is 1. The van der Waals surface area contributed by atoms with Crippen LogP contribution < -0.4 is 5.73 Å². The van der Waals surface area contributed by atoms with Crippen LogP contribution >= 0.6 is 11.3 Å². The molecule has 1 aliphatic carbocycles. The first-order valence-electron chi connectivity index (χ1n) is 6.52. The Labute approximate surface area is 107 Å². The van der Waals surface area contributed by atoms with Crippen LogP contribution in [0.3, 0.4) is 0 Å². The van der Waals surface area contributed by atoms with Crippen molar-refractivity contribution in [2.45, 2.75) is 37.5 Å². The van der Waals surface area contributed by atoms with Crippen LogP contribution in [-0.2, 0) is 5.41 Å². The fourth-order valence-electron chi connectivity index (χ4n) is 3.20. The van der Waals surface area contributed by atoms with Crippen LogP contribution in [0, 0.1) is 0 Å². The molecule has 0 unspecified atom stereocenters. The average molecular weight is 245 g/mol. The van der Waals surface area contributed by atoms with Crippen LogP contribution in [0.4, 0.5) is 0 Å². The molecule has 2 N–H and O–H groups in total. The lowest BCUT2D eigenvalue weighted by atomic mass is 9.69. The van der Waals surface area contributed by atoms with E-state index in [1.165, 1.54) is 47.8 Å². The van der Waals surface area contributed by atoms with Gasteiger partial charge in [0.05, 0.1) is 0 Å². The number of rotatable bonds is 2. The van der Waals surface area contributed by atoms with E-state index in [0.29, 0.717) is 0 Å². The van der Waals surface area contributed by atoms with Crippen LogP contribution in [0.1, 0.15) is 37.7 Å². The summed E-state index contributed by atoms with van der Waals surface area (Å²) in [6.45, 7) is 0.799.